The van der Waals surface area contributed by atoms with E-state index in [2.05, 4.69) is 30.2 Å². The van der Waals surface area contributed by atoms with Crippen molar-refractivity contribution in [3.8, 4) is 0 Å². The summed E-state index contributed by atoms with van der Waals surface area (Å²) in [5.41, 5.74) is 1.30. The van der Waals surface area contributed by atoms with Gasteiger partial charge >= 0.3 is 0 Å². The molecule has 0 saturated carbocycles. The molecule has 0 saturated heterocycles. The maximum atomic E-state index is 4.07. The molecule has 2 nitrogen and oxygen atoms in total. The van der Waals surface area contributed by atoms with Crippen molar-refractivity contribution in [1.82, 2.24) is 10.3 Å². The van der Waals surface area contributed by atoms with Gasteiger partial charge in [0, 0.05) is 18.4 Å². The van der Waals surface area contributed by atoms with Crippen molar-refractivity contribution >= 4 is 0 Å². The third-order valence-corrected chi connectivity index (χ3v) is 2.24. The molecular weight excluding hydrogens is 160 g/mol. The quantitative estimate of drug-likeness (QED) is 0.746. The van der Waals surface area contributed by atoms with Crippen LogP contribution in [0.3, 0.4) is 0 Å². The van der Waals surface area contributed by atoms with Crippen LogP contribution < -0.4 is 5.32 Å². The lowest BCUT2D eigenvalue weighted by Gasteiger charge is -2.10. The monoisotopic (exact) mass is 178 g/mol. The van der Waals surface area contributed by atoms with Crippen molar-refractivity contribution in [2.75, 3.05) is 6.54 Å². The zero-order valence-electron chi connectivity index (χ0n) is 8.46. The summed E-state index contributed by atoms with van der Waals surface area (Å²) in [6, 6.07) is 4.72. The molecule has 1 atom stereocenters. The van der Waals surface area contributed by atoms with Crippen LogP contribution in [0.15, 0.2) is 24.5 Å². The normalized spacial score (nSPS) is 12.8. The molecule has 0 spiro atoms. The van der Waals surface area contributed by atoms with Crippen molar-refractivity contribution in [3.63, 3.8) is 0 Å². The van der Waals surface area contributed by atoms with Crippen LogP contribution in [-0.4, -0.2) is 17.6 Å². The van der Waals surface area contributed by atoms with Gasteiger partial charge in [0.15, 0.2) is 0 Å². The standard InChI is InChI=1S/C11H18N2/c1-3-10(2)13-8-6-11-5-4-7-12-9-11/h4-5,7,9-10,13H,3,6,8H2,1-2H3. The molecule has 13 heavy (non-hydrogen) atoms. The summed E-state index contributed by atoms with van der Waals surface area (Å²) in [6.45, 7) is 5.45. The van der Waals surface area contributed by atoms with Crippen LogP contribution in [0, 0.1) is 0 Å². The molecule has 0 aromatic carbocycles. The fourth-order valence-corrected chi connectivity index (χ4v) is 1.15. The van der Waals surface area contributed by atoms with Crippen LogP contribution in [0.1, 0.15) is 25.8 Å². The zero-order valence-corrected chi connectivity index (χ0v) is 8.46. The Hall–Kier alpha value is -0.890. The number of hydrogen-bond acceptors (Lipinski definition) is 2. The first-order valence-electron chi connectivity index (χ1n) is 4.95. The predicted molar refractivity (Wildman–Crippen MR) is 55.7 cm³/mol. The molecule has 1 heterocycles. The molecule has 2 heteroatoms. The molecule has 0 amide bonds. The highest BCUT2D eigenvalue weighted by Crippen LogP contribution is 1.96. The zero-order chi connectivity index (χ0) is 9.52. The van der Waals surface area contributed by atoms with Crippen LogP contribution in [0.25, 0.3) is 0 Å². The van der Waals surface area contributed by atoms with E-state index in [4.69, 9.17) is 0 Å². The maximum absolute atomic E-state index is 4.07. The summed E-state index contributed by atoms with van der Waals surface area (Å²) < 4.78 is 0. The van der Waals surface area contributed by atoms with Crippen molar-refractivity contribution in [1.29, 1.82) is 0 Å². The lowest BCUT2D eigenvalue weighted by molar-refractivity contribution is 0.537. The van der Waals surface area contributed by atoms with Gasteiger partial charge in [-0.1, -0.05) is 13.0 Å². The van der Waals surface area contributed by atoms with Gasteiger partial charge < -0.3 is 5.32 Å². The number of pyridine rings is 1. The van der Waals surface area contributed by atoms with Crippen LogP contribution in [0.4, 0.5) is 0 Å². The Balaban J connectivity index is 2.20. The molecule has 0 aliphatic carbocycles. The summed E-state index contributed by atoms with van der Waals surface area (Å²) in [5.74, 6) is 0. The molecule has 1 rings (SSSR count). The first-order valence-corrected chi connectivity index (χ1v) is 4.95. The number of nitrogens with zero attached hydrogens (tertiary/aromatic N) is 1. The lowest BCUT2D eigenvalue weighted by Crippen LogP contribution is -2.27. The minimum absolute atomic E-state index is 0.622. The van der Waals surface area contributed by atoms with E-state index < -0.39 is 0 Å². The highest BCUT2D eigenvalue weighted by atomic mass is 14.9. The summed E-state index contributed by atoms with van der Waals surface area (Å²) in [5, 5.41) is 3.45. The van der Waals surface area contributed by atoms with Crippen molar-refractivity contribution in [2.24, 2.45) is 0 Å². The Morgan fingerprint density at radius 2 is 2.38 bits per heavy atom. The first-order chi connectivity index (χ1) is 6.33. The van der Waals surface area contributed by atoms with E-state index in [1.54, 1.807) is 0 Å². The van der Waals surface area contributed by atoms with E-state index in [-0.39, 0.29) is 0 Å². The van der Waals surface area contributed by atoms with Crippen molar-refractivity contribution in [2.45, 2.75) is 32.7 Å². The van der Waals surface area contributed by atoms with Crippen molar-refractivity contribution < 1.29 is 0 Å². The smallest absolute Gasteiger partial charge is 0.0300 e. The highest BCUT2D eigenvalue weighted by Gasteiger charge is 1.96. The van der Waals surface area contributed by atoms with E-state index in [1.807, 2.05) is 18.5 Å². The summed E-state index contributed by atoms with van der Waals surface area (Å²) >= 11 is 0. The van der Waals surface area contributed by atoms with E-state index in [0.717, 1.165) is 13.0 Å². The lowest BCUT2D eigenvalue weighted by atomic mass is 10.2. The second-order valence-corrected chi connectivity index (χ2v) is 3.37. The topological polar surface area (TPSA) is 24.9 Å². The van der Waals surface area contributed by atoms with Crippen LogP contribution in [-0.2, 0) is 6.42 Å². The second-order valence-electron chi connectivity index (χ2n) is 3.37. The van der Waals surface area contributed by atoms with Gasteiger partial charge in [-0.15, -0.1) is 0 Å². The van der Waals surface area contributed by atoms with Gasteiger partial charge in [0.1, 0.15) is 0 Å². The fraction of sp³-hybridized carbons (Fsp3) is 0.545. The Morgan fingerprint density at radius 1 is 1.54 bits per heavy atom. The third kappa shape index (κ3) is 4.04. The average molecular weight is 178 g/mol. The average Bonchev–Trinajstić information content (AvgIpc) is 2.19. The van der Waals surface area contributed by atoms with Gasteiger partial charge in [0.2, 0.25) is 0 Å². The van der Waals surface area contributed by atoms with Crippen LogP contribution >= 0.6 is 0 Å². The molecule has 72 valence electrons. The van der Waals surface area contributed by atoms with Gasteiger partial charge in [-0.05, 0) is 37.9 Å². The first kappa shape index (κ1) is 10.2. The molecule has 1 N–H and O–H groups in total. The molecule has 1 aromatic heterocycles. The Bertz CT molecular complexity index is 221. The molecule has 0 radical (unpaired) electrons. The molecule has 0 aliphatic heterocycles. The second kappa shape index (κ2) is 5.70. The van der Waals surface area contributed by atoms with E-state index >= 15 is 0 Å². The molecule has 1 aromatic rings. The van der Waals surface area contributed by atoms with Crippen LogP contribution in [0.5, 0.6) is 0 Å². The molecule has 0 fully saturated rings. The van der Waals surface area contributed by atoms with Gasteiger partial charge in [0.05, 0.1) is 0 Å². The summed E-state index contributed by atoms with van der Waals surface area (Å²) in [4.78, 5) is 4.07. The van der Waals surface area contributed by atoms with Gasteiger partial charge in [-0.3, -0.25) is 4.98 Å². The fourth-order valence-electron chi connectivity index (χ4n) is 1.15. The molecule has 0 aliphatic rings. The van der Waals surface area contributed by atoms with Gasteiger partial charge in [0.25, 0.3) is 0 Å². The predicted octanol–water partition coefficient (Wildman–Crippen LogP) is 2.01. The van der Waals surface area contributed by atoms with Gasteiger partial charge in [-0.2, -0.15) is 0 Å². The third-order valence-electron chi connectivity index (χ3n) is 2.24. The van der Waals surface area contributed by atoms with E-state index in [9.17, 15) is 0 Å². The largest absolute Gasteiger partial charge is 0.314 e. The number of hydrogen-bond donors (Lipinski definition) is 1. The SMILES string of the molecule is CCC(C)NCCc1cccnc1. The minimum atomic E-state index is 0.622. The highest BCUT2D eigenvalue weighted by molar-refractivity contribution is 5.08. The Kier molecular flexibility index (Phi) is 4.47. The van der Waals surface area contributed by atoms with Gasteiger partial charge in [-0.25, -0.2) is 0 Å². The Labute approximate surface area is 80.4 Å². The number of aromatic nitrogens is 1. The number of rotatable bonds is 5. The summed E-state index contributed by atoms with van der Waals surface area (Å²) in [6.07, 6.45) is 6.00. The van der Waals surface area contributed by atoms with E-state index in [1.165, 1.54) is 12.0 Å². The van der Waals surface area contributed by atoms with Crippen LogP contribution in [0.2, 0.25) is 0 Å². The minimum Gasteiger partial charge on any atom is -0.314 e. The number of nitrogens with one attached hydrogen (secondary N) is 1. The molecule has 1 unspecified atom stereocenters. The van der Waals surface area contributed by atoms with E-state index in [0.29, 0.717) is 6.04 Å². The maximum Gasteiger partial charge on any atom is 0.0300 e. The molecular formula is C11H18N2. The van der Waals surface area contributed by atoms with Crippen molar-refractivity contribution in [3.05, 3.63) is 30.1 Å². The Morgan fingerprint density at radius 3 is 3.00 bits per heavy atom. The molecule has 0 bridgehead atoms. The summed E-state index contributed by atoms with van der Waals surface area (Å²) in [7, 11) is 0.